The lowest BCUT2D eigenvalue weighted by atomic mass is 9.91. The first-order valence-electron chi connectivity index (χ1n) is 6.84. The summed E-state index contributed by atoms with van der Waals surface area (Å²) in [5.74, 6) is -1.72. The first kappa shape index (κ1) is 15.5. The predicted molar refractivity (Wildman–Crippen MR) is 78.2 cm³/mol. The van der Waals surface area contributed by atoms with Crippen LogP contribution in [0.25, 0.3) is 0 Å². The van der Waals surface area contributed by atoms with Gasteiger partial charge in [0.15, 0.2) is 0 Å². The first-order chi connectivity index (χ1) is 10.0. The molecule has 0 bridgehead atoms. The van der Waals surface area contributed by atoms with E-state index in [0.29, 0.717) is 11.4 Å². The van der Waals surface area contributed by atoms with E-state index < -0.39 is 12.0 Å². The predicted octanol–water partition coefficient (Wildman–Crippen LogP) is 1.19. The molecule has 0 spiro atoms. The van der Waals surface area contributed by atoms with Crippen LogP contribution in [0.5, 0.6) is 0 Å². The number of amides is 2. The molecule has 7 heteroatoms. The van der Waals surface area contributed by atoms with Crippen molar-refractivity contribution < 1.29 is 19.5 Å². The van der Waals surface area contributed by atoms with Gasteiger partial charge in [-0.3, -0.25) is 9.59 Å². The number of thiophene rings is 1. The summed E-state index contributed by atoms with van der Waals surface area (Å²) < 4.78 is 0. The van der Waals surface area contributed by atoms with Gasteiger partial charge < -0.3 is 15.3 Å². The molecule has 1 fully saturated rings. The highest BCUT2D eigenvalue weighted by Crippen LogP contribution is 2.23. The van der Waals surface area contributed by atoms with Crippen LogP contribution in [0.4, 0.5) is 0 Å². The fraction of sp³-hybridized carbons (Fsp3) is 0.500. The van der Waals surface area contributed by atoms with Gasteiger partial charge in [-0.25, -0.2) is 4.79 Å². The summed E-state index contributed by atoms with van der Waals surface area (Å²) in [5.41, 5.74) is 0. The highest BCUT2D eigenvalue weighted by Gasteiger charge is 2.36. The number of carboxylic acids is 1. The zero-order valence-electron chi connectivity index (χ0n) is 11.7. The van der Waals surface area contributed by atoms with E-state index >= 15 is 0 Å². The molecule has 1 aromatic rings. The maximum atomic E-state index is 12.2. The zero-order chi connectivity index (χ0) is 15.4. The lowest BCUT2D eigenvalue weighted by Crippen LogP contribution is -2.54. The SMILES string of the molecule is CC1CCCN(C(=O)CNC(=O)c2cccs2)C1C(=O)O. The summed E-state index contributed by atoms with van der Waals surface area (Å²) in [7, 11) is 0. The molecule has 1 aliphatic rings. The minimum absolute atomic E-state index is 0.0757. The number of likely N-dealkylation sites (tertiary alicyclic amines) is 1. The van der Waals surface area contributed by atoms with Crippen LogP contribution in [0.1, 0.15) is 29.4 Å². The summed E-state index contributed by atoms with van der Waals surface area (Å²) >= 11 is 1.29. The molecule has 1 saturated heterocycles. The van der Waals surface area contributed by atoms with Crippen molar-refractivity contribution in [2.75, 3.05) is 13.1 Å². The number of piperidine rings is 1. The maximum absolute atomic E-state index is 12.2. The number of hydrogen-bond donors (Lipinski definition) is 2. The third-order valence-electron chi connectivity index (χ3n) is 3.65. The van der Waals surface area contributed by atoms with Crippen LogP contribution in [-0.4, -0.2) is 46.9 Å². The Bertz CT molecular complexity index is 529. The first-order valence-corrected chi connectivity index (χ1v) is 7.72. The van der Waals surface area contributed by atoms with Crippen molar-refractivity contribution in [3.05, 3.63) is 22.4 Å². The molecular formula is C14H18N2O4S. The van der Waals surface area contributed by atoms with Crippen LogP contribution in [0.3, 0.4) is 0 Å². The Kier molecular flexibility index (Phi) is 4.95. The number of nitrogens with one attached hydrogen (secondary N) is 1. The molecule has 2 amide bonds. The van der Waals surface area contributed by atoms with E-state index in [0.717, 1.165) is 12.8 Å². The zero-order valence-corrected chi connectivity index (χ0v) is 12.6. The quantitative estimate of drug-likeness (QED) is 0.874. The summed E-state index contributed by atoms with van der Waals surface area (Å²) in [6.45, 7) is 2.09. The lowest BCUT2D eigenvalue weighted by molar-refractivity contribution is -0.154. The molecule has 2 N–H and O–H groups in total. The second-order valence-electron chi connectivity index (χ2n) is 5.15. The van der Waals surface area contributed by atoms with Gasteiger partial charge in [0.2, 0.25) is 5.91 Å². The maximum Gasteiger partial charge on any atom is 0.326 e. The number of carbonyl (C=O) groups excluding carboxylic acids is 2. The Morgan fingerprint density at radius 2 is 2.24 bits per heavy atom. The van der Waals surface area contributed by atoms with Crippen molar-refractivity contribution in [2.24, 2.45) is 5.92 Å². The van der Waals surface area contributed by atoms with Gasteiger partial charge >= 0.3 is 5.97 Å². The molecule has 21 heavy (non-hydrogen) atoms. The van der Waals surface area contributed by atoms with Gasteiger partial charge in [0.25, 0.3) is 5.91 Å². The second kappa shape index (κ2) is 6.71. The van der Waals surface area contributed by atoms with E-state index in [2.05, 4.69) is 5.32 Å². The van der Waals surface area contributed by atoms with E-state index in [4.69, 9.17) is 0 Å². The van der Waals surface area contributed by atoms with Crippen molar-refractivity contribution in [3.63, 3.8) is 0 Å². The Labute approximate surface area is 126 Å². The molecule has 2 heterocycles. The third-order valence-corrected chi connectivity index (χ3v) is 4.52. The van der Waals surface area contributed by atoms with Gasteiger partial charge in [-0.2, -0.15) is 0 Å². The summed E-state index contributed by atoms with van der Waals surface area (Å²) in [5, 5.41) is 13.6. The molecule has 114 valence electrons. The normalized spacial score (nSPS) is 21.9. The lowest BCUT2D eigenvalue weighted by Gasteiger charge is -2.37. The Hall–Kier alpha value is -1.89. The molecular weight excluding hydrogens is 292 g/mol. The van der Waals surface area contributed by atoms with Crippen molar-refractivity contribution in [3.8, 4) is 0 Å². The topological polar surface area (TPSA) is 86.7 Å². The van der Waals surface area contributed by atoms with Crippen molar-refractivity contribution in [1.29, 1.82) is 0 Å². The van der Waals surface area contributed by atoms with Gasteiger partial charge in [-0.1, -0.05) is 13.0 Å². The smallest absolute Gasteiger partial charge is 0.326 e. The number of rotatable bonds is 4. The van der Waals surface area contributed by atoms with Crippen LogP contribution in [0.2, 0.25) is 0 Å². The van der Waals surface area contributed by atoms with E-state index in [9.17, 15) is 19.5 Å². The average molecular weight is 310 g/mol. The molecule has 0 saturated carbocycles. The van der Waals surface area contributed by atoms with Crippen molar-refractivity contribution >= 4 is 29.1 Å². The average Bonchev–Trinajstić information content (AvgIpc) is 2.97. The highest BCUT2D eigenvalue weighted by molar-refractivity contribution is 7.12. The number of nitrogens with zero attached hydrogens (tertiary/aromatic N) is 1. The van der Waals surface area contributed by atoms with Gasteiger partial charge in [-0.15, -0.1) is 11.3 Å². The Morgan fingerprint density at radius 3 is 2.86 bits per heavy atom. The minimum atomic E-state index is -0.986. The molecule has 6 nitrogen and oxygen atoms in total. The Balaban J connectivity index is 1.95. The highest BCUT2D eigenvalue weighted by atomic mass is 32.1. The van der Waals surface area contributed by atoms with Gasteiger partial charge in [0, 0.05) is 6.54 Å². The molecule has 1 aliphatic heterocycles. The molecule has 0 aromatic carbocycles. The second-order valence-corrected chi connectivity index (χ2v) is 6.10. The fourth-order valence-corrected chi connectivity index (χ4v) is 3.24. The van der Waals surface area contributed by atoms with Gasteiger partial charge in [0.05, 0.1) is 11.4 Å². The van der Waals surface area contributed by atoms with Gasteiger partial charge in [0.1, 0.15) is 6.04 Å². The third kappa shape index (κ3) is 3.60. The van der Waals surface area contributed by atoms with Crippen LogP contribution in [0.15, 0.2) is 17.5 Å². The van der Waals surface area contributed by atoms with Crippen molar-refractivity contribution in [2.45, 2.75) is 25.8 Å². The fourth-order valence-electron chi connectivity index (χ4n) is 2.60. The summed E-state index contributed by atoms with van der Waals surface area (Å²) in [6.07, 6.45) is 1.58. The van der Waals surface area contributed by atoms with Crippen LogP contribution in [0, 0.1) is 5.92 Å². The summed E-state index contributed by atoms with van der Waals surface area (Å²) in [4.78, 5) is 37.2. The van der Waals surface area contributed by atoms with E-state index in [1.165, 1.54) is 16.2 Å². The number of aliphatic carboxylic acids is 1. The van der Waals surface area contributed by atoms with Gasteiger partial charge in [-0.05, 0) is 30.2 Å². The van der Waals surface area contributed by atoms with E-state index in [1.807, 2.05) is 6.92 Å². The number of hydrogen-bond acceptors (Lipinski definition) is 4. The minimum Gasteiger partial charge on any atom is -0.480 e. The molecule has 0 radical (unpaired) electrons. The molecule has 1 aromatic heterocycles. The monoisotopic (exact) mass is 310 g/mol. The largest absolute Gasteiger partial charge is 0.480 e. The molecule has 0 aliphatic carbocycles. The number of carbonyl (C=O) groups is 3. The van der Waals surface area contributed by atoms with E-state index in [1.54, 1.807) is 17.5 Å². The molecule has 2 unspecified atom stereocenters. The molecule has 2 atom stereocenters. The molecule has 2 rings (SSSR count). The van der Waals surface area contributed by atoms with E-state index in [-0.39, 0.29) is 24.3 Å². The number of carboxylic acid groups (broad SMARTS) is 1. The Morgan fingerprint density at radius 1 is 1.48 bits per heavy atom. The van der Waals surface area contributed by atoms with Crippen molar-refractivity contribution in [1.82, 2.24) is 10.2 Å². The standard InChI is InChI=1S/C14H18N2O4S/c1-9-4-2-6-16(12(9)14(19)20)11(17)8-15-13(18)10-5-3-7-21-10/h3,5,7,9,12H,2,4,6,8H2,1H3,(H,15,18)(H,19,20). The summed E-state index contributed by atoms with van der Waals surface area (Å²) in [6, 6.07) is 2.63. The van der Waals surface area contributed by atoms with Crippen LogP contribution >= 0.6 is 11.3 Å². The van der Waals surface area contributed by atoms with Crippen LogP contribution in [-0.2, 0) is 9.59 Å². The van der Waals surface area contributed by atoms with Crippen LogP contribution < -0.4 is 5.32 Å².